The first-order valence-electron chi connectivity index (χ1n) is 27.5. The summed E-state index contributed by atoms with van der Waals surface area (Å²) in [6.45, 7) is 0.149. The van der Waals surface area contributed by atoms with E-state index < -0.39 is 138 Å². The Bertz CT molecular complexity index is 3210. The molecular weight excluding hydrogens is 1170 g/mol. The summed E-state index contributed by atoms with van der Waals surface area (Å²) in [7, 11) is 0. The van der Waals surface area contributed by atoms with Crippen LogP contribution in [0.25, 0.3) is 10.9 Å². The van der Waals surface area contributed by atoms with Gasteiger partial charge in [-0.3, -0.25) is 47.9 Å². The van der Waals surface area contributed by atoms with Gasteiger partial charge in [-0.2, -0.15) is 25.3 Å². The number of nitrogens with one attached hydrogen (secondary N) is 9. The lowest BCUT2D eigenvalue weighted by atomic mass is 10.0. The Morgan fingerprint density at radius 1 is 0.460 bits per heavy atom. The number of aromatic hydroxyl groups is 2. The molecule has 0 fully saturated rings. The third kappa shape index (κ3) is 22.0. The number of phenols is 2. The van der Waals surface area contributed by atoms with Crippen LogP contribution in [0.4, 0.5) is 0 Å². The highest BCUT2D eigenvalue weighted by molar-refractivity contribution is 7.80. The molecule has 29 heteroatoms. The van der Waals surface area contributed by atoms with Crippen molar-refractivity contribution in [3.8, 4) is 11.5 Å². The number of unbranched alkanes of at least 4 members (excludes halogenated alkanes) is 1. The molecule has 9 amide bonds. The van der Waals surface area contributed by atoms with Crippen LogP contribution in [0.3, 0.4) is 0 Å². The largest absolute Gasteiger partial charge is 0.508 e. The van der Waals surface area contributed by atoms with Gasteiger partial charge in [-0.05, 0) is 84.8 Å². The highest BCUT2D eigenvalue weighted by Crippen LogP contribution is 2.20. The van der Waals surface area contributed by atoms with Gasteiger partial charge in [0.25, 0.3) is 0 Å². The lowest BCUT2D eigenvalue weighted by Gasteiger charge is -2.28. The number of hydrogen-bond donors (Lipinski definition) is 18. The Morgan fingerprint density at radius 3 is 1.40 bits per heavy atom. The van der Waals surface area contributed by atoms with Gasteiger partial charge >= 0.3 is 11.9 Å². The molecule has 1 aromatic heterocycles. The van der Waals surface area contributed by atoms with E-state index in [9.17, 15) is 73.2 Å². The van der Waals surface area contributed by atoms with Crippen molar-refractivity contribution < 1.29 is 73.2 Å². The van der Waals surface area contributed by atoms with Crippen LogP contribution >= 0.6 is 25.3 Å². The summed E-state index contributed by atoms with van der Waals surface area (Å²) in [5.41, 5.74) is 20.1. The molecule has 466 valence electrons. The molecule has 0 aliphatic rings. The number of phenolic OH excluding ortho intramolecular Hbond substituents is 2. The second-order valence-electron chi connectivity index (χ2n) is 20.3. The van der Waals surface area contributed by atoms with Crippen molar-refractivity contribution in [2.24, 2.45) is 17.2 Å². The van der Waals surface area contributed by atoms with Crippen molar-refractivity contribution in [3.05, 3.63) is 132 Å². The zero-order valence-electron chi connectivity index (χ0n) is 47.0. The van der Waals surface area contributed by atoms with Gasteiger partial charge in [0.1, 0.15) is 59.8 Å². The number of aromatic nitrogens is 1. The van der Waals surface area contributed by atoms with Gasteiger partial charge in [-0.25, -0.2) is 4.79 Å². The van der Waals surface area contributed by atoms with Gasteiger partial charge in [0.2, 0.25) is 53.2 Å². The Balaban J connectivity index is 1.38. The van der Waals surface area contributed by atoms with Gasteiger partial charge in [0, 0.05) is 47.9 Å². The van der Waals surface area contributed by atoms with Crippen molar-refractivity contribution in [3.63, 3.8) is 0 Å². The summed E-state index contributed by atoms with van der Waals surface area (Å²) in [5.74, 6) is -12.9. The maximum absolute atomic E-state index is 14.7. The summed E-state index contributed by atoms with van der Waals surface area (Å²) in [6, 6.07) is 12.7. The number of thiol groups is 2. The van der Waals surface area contributed by atoms with Gasteiger partial charge < -0.3 is 85.1 Å². The molecule has 0 saturated carbocycles. The minimum absolute atomic E-state index is 0.000220. The fourth-order valence-electron chi connectivity index (χ4n) is 8.96. The van der Waals surface area contributed by atoms with Gasteiger partial charge in [0.15, 0.2) is 0 Å². The number of amides is 9. The van der Waals surface area contributed by atoms with Crippen LogP contribution in [-0.4, -0.2) is 163 Å². The van der Waals surface area contributed by atoms with Crippen molar-refractivity contribution in [2.45, 2.75) is 112 Å². The molecule has 0 aliphatic carbocycles. The molecule has 0 unspecified atom stereocenters. The predicted octanol–water partition coefficient (Wildman–Crippen LogP) is -1.52. The number of carbonyl (C=O) groups excluding carboxylic acids is 9. The van der Waals surface area contributed by atoms with Crippen LogP contribution in [0.2, 0.25) is 0 Å². The highest BCUT2D eigenvalue weighted by Gasteiger charge is 2.36. The van der Waals surface area contributed by atoms with Gasteiger partial charge in [0.05, 0.1) is 18.9 Å². The van der Waals surface area contributed by atoms with E-state index in [-0.39, 0.29) is 62.3 Å². The fraction of sp³-hybridized carbons (Fsp3) is 0.362. The van der Waals surface area contributed by atoms with Crippen LogP contribution in [0.1, 0.15) is 54.4 Å². The minimum Gasteiger partial charge on any atom is -0.508 e. The second kappa shape index (κ2) is 34.1. The van der Waals surface area contributed by atoms with E-state index in [1.54, 1.807) is 72.9 Å². The van der Waals surface area contributed by atoms with E-state index in [0.29, 0.717) is 39.6 Å². The number of carboxylic acids is 2. The Labute approximate surface area is 510 Å². The van der Waals surface area contributed by atoms with Gasteiger partial charge in [-0.1, -0.05) is 72.8 Å². The number of para-hydroxylation sites is 1. The van der Waals surface area contributed by atoms with Crippen LogP contribution in [-0.2, 0) is 78.4 Å². The molecule has 87 heavy (non-hydrogen) atoms. The fourth-order valence-corrected chi connectivity index (χ4v) is 9.48. The topological polar surface area (TPSA) is 459 Å². The maximum atomic E-state index is 14.7. The molecule has 0 bridgehead atoms. The predicted molar refractivity (Wildman–Crippen MR) is 324 cm³/mol. The summed E-state index contributed by atoms with van der Waals surface area (Å²) in [5, 5.41) is 59.5. The molecule has 9 atom stereocenters. The molecule has 1 heterocycles. The molecule has 19 N–H and O–H groups in total. The molecule has 5 aromatic rings. The van der Waals surface area contributed by atoms with E-state index >= 15 is 0 Å². The molecular formula is C58H72N12O15S2. The molecule has 0 spiro atoms. The van der Waals surface area contributed by atoms with Crippen LogP contribution in [0, 0.1) is 0 Å². The monoisotopic (exact) mass is 1240 g/mol. The third-order valence-corrected chi connectivity index (χ3v) is 14.4. The number of aliphatic carboxylic acids is 2. The lowest BCUT2D eigenvalue weighted by Crippen LogP contribution is -2.61. The first-order chi connectivity index (χ1) is 41.5. The van der Waals surface area contributed by atoms with Gasteiger partial charge in [-0.15, -0.1) is 0 Å². The number of fused-ring (bicyclic) bond motifs is 1. The molecule has 5 rings (SSSR count). The quantitative estimate of drug-likeness (QED) is 0.0162. The van der Waals surface area contributed by atoms with Crippen molar-refractivity contribution >= 4 is 101 Å². The summed E-state index contributed by atoms with van der Waals surface area (Å²) in [6.07, 6.45) is -0.680. The van der Waals surface area contributed by atoms with Crippen molar-refractivity contribution in [1.82, 2.24) is 47.5 Å². The van der Waals surface area contributed by atoms with E-state index in [0.717, 1.165) is 0 Å². The molecule has 4 aromatic carbocycles. The Hall–Kier alpha value is -9.19. The van der Waals surface area contributed by atoms with Crippen LogP contribution in [0.5, 0.6) is 11.5 Å². The molecule has 27 nitrogen and oxygen atoms in total. The number of primary amides is 1. The number of carboxylic acid groups (broad SMARTS) is 2. The van der Waals surface area contributed by atoms with E-state index in [1.165, 1.54) is 36.4 Å². The standard InChI is InChI=1S/C58H72N12O15S2/c59-21-7-6-12-40(51(77)66-43(26-48(61)73)54(80)70-47(30-87)57(83)68-45(58(84)85)24-33-15-19-36(72)20-16-33)63-53(79)42(25-34-28-62-39-11-5-4-10-37(34)39)65-55(81)44(27-49(74)75)67-52(78)41(23-31-8-2-1-3-9-31)64-56(82)46(29-86)69-50(76)38(60)22-32-13-17-35(71)18-14-32/h1-5,8-11,13-20,28,38,40-47,62,71-72,86-87H,6-7,12,21-27,29-30,59-60H2,(H2,61,73)(H,63,79)(H,64,82)(H,65,81)(H,66,77)(H,67,78)(H,68,83)(H,69,76)(H,70,80)(H,74,75)(H,84,85)/t38-,40-,41-,42-,43-,44-,45-,46-,47-/m0/s1. The zero-order chi connectivity index (χ0) is 63.7. The number of rotatable bonds is 35. The number of carbonyl (C=O) groups is 11. The van der Waals surface area contributed by atoms with Crippen LogP contribution in [0.15, 0.2) is 109 Å². The average molecular weight is 1240 g/mol. The number of H-pyrrole nitrogens is 1. The first-order valence-corrected chi connectivity index (χ1v) is 28.7. The van der Waals surface area contributed by atoms with Crippen molar-refractivity contribution in [2.75, 3.05) is 18.1 Å². The normalized spacial score (nSPS) is 14.2. The summed E-state index contributed by atoms with van der Waals surface area (Å²) < 4.78 is 0. The second-order valence-corrected chi connectivity index (χ2v) is 21.1. The minimum atomic E-state index is -1.93. The Morgan fingerprint density at radius 2 is 0.874 bits per heavy atom. The third-order valence-electron chi connectivity index (χ3n) is 13.6. The smallest absolute Gasteiger partial charge is 0.326 e. The SMILES string of the molecule is NCCCC[C@H](NC(=O)[C@H](Cc1c[nH]c2ccccc12)NC(=O)[C@H](CC(=O)O)NC(=O)[C@H](Cc1ccccc1)NC(=O)[C@H](CS)NC(=O)[C@@H](N)Cc1ccc(O)cc1)C(=O)N[C@@H](CC(N)=O)C(=O)N[C@@H](CS)C(=O)N[C@@H](Cc1ccc(O)cc1)C(=O)O. The average Bonchev–Trinajstić information content (AvgIpc) is 2.53. The van der Waals surface area contributed by atoms with Crippen LogP contribution < -0.4 is 59.7 Å². The highest BCUT2D eigenvalue weighted by atomic mass is 32.1. The molecule has 0 saturated heterocycles. The van der Waals surface area contributed by atoms with Crippen molar-refractivity contribution in [1.29, 1.82) is 0 Å². The van der Waals surface area contributed by atoms with E-state index in [1.807, 2.05) is 0 Å². The maximum Gasteiger partial charge on any atom is 0.326 e. The number of benzene rings is 4. The number of nitrogens with two attached hydrogens (primary N) is 3. The number of hydrogen-bond acceptors (Lipinski definition) is 17. The zero-order valence-corrected chi connectivity index (χ0v) is 48.8. The van der Waals surface area contributed by atoms with E-state index in [4.69, 9.17) is 17.2 Å². The first kappa shape index (κ1) is 68.6. The Kier molecular flexibility index (Phi) is 26.9. The number of aromatic amines is 1. The summed E-state index contributed by atoms with van der Waals surface area (Å²) in [4.78, 5) is 152. The summed E-state index contributed by atoms with van der Waals surface area (Å²) >= 11 is 8.39. The van der Waals surface area contributed by atoms with E-state index in [2.05, 4.69) is 72.8 Å². The molecule has 0 aliphatic heterocycles. The molecule has 0 radical (unpaired) electrons. The lowest BCUT2D eigenvalue weighted by molar-refractivity contribution is -0.142.